The van der Waals surface area contributed by atoms with Crippen molar-refractivity contribution in [3.63, 3.8) is 0 Å². The van der Waals surface area contributed by atoms with Crippen LogP contribution >= 0.6 is 0 Å². The zero-order chi connectivity index (χ0) is 15.8. The van der Waals surface area contributed by atoms with Crippen molar-refractivity contribution >= 4 is 0 Å². The van der Waals surface area contributed by atoms with Crippen molar-refractivity contribution in [3.8, 4) is 0 Å². The van der Waals surface area contributed by atoms with Gasteiger partial charge in [-0.25, -0.2) is 0 Å². The van der Waals surface area contributed by atoms with Crippen molar-refractivity contribution in [2.24, 2.45) is 0 Å². The van der Waals surface area contributed by atoms with E-state index in [4.69, 9.17) is 0 Å². The van der Waals surface area contributed by atoms with Crippen LogP contribution in [0.15, 0.2) is 91.0 Å². The molecule has 0 nitrogen and oxygen atoms in total. The second kappa shape index (κ2) is 7.61. The Morgan fingerprint density at radius 3 is 1.09 bits per heavy atom. The number of hydrogen-bond acceptors (Lipinski definition) is 0. The van der Waals surface area contributed by atoms with Gasteiger partial charge in [-0.1, -0.05) is 110 Å². The molecule has 3 aromatic carbocycles. The van der Waals surface area contributed by atoms with Crippen molar-refractivity contribution < 1.29 is 0 Å². The van der Waals surface area contributed by atoms with E-state index < -0.39 is 0 Å². The molecule has 0 atom stereocenters. The number of aryl methyl sites for hydroxylation is 1. The second-order valence-corrected chi connectivity index (χ2v) is 6.01. The summed E-state index contributed by atoms with van der Waals surface area (Å²) in [4.78, 5) is 0. The van der Waals surface area contributed by atoms with Gasteiger partial charge < -0.3 is 0 Å². The Labute approximate surface area is 134 Å². The average Bonchev–Trinajstić information content (AvgIpc) is 2.58. The van der Waals surface area contributed by atoms with E-state index in [2.05, 4.69) is 93.6 Å². The molecule has 22 heavy (non-hydrogen) atoms. The van der Waals surface area contributed by atoms with Crippen molar-refractivity contribution in [2.45, 2.75) is 26.2 Å². The SMILES string of the molecule is CC(C)(c1ccccc1)c1ccccc1.Cc1ccccc1. The third-order valence-electron chi connectivity index (χ3n) is 3.93. The molecule has 0 aliphatic heterocycles. The average molecular weight is 288 g/mol. The van der Waals surface area contributed by atoms with Crippen molar-refractivity contribution in [2.75, 3.05) is 0 Å². The molecular weight excluding hydrogens is 264 g/mol. The molecule has 0 aromatic heterocycles. The molecule has 0 spiro atoms. The van der Waals surface area contributed by atoms with Gasteiger partial charge in [-0.2, -0.15) is 0 Å². The zero-order valence-corrected chi connectivity index (χ0v) is 13.7. The van der Waals surface area contributed by atoms with Gasteiger partial charge in [-0.05, 0) is 18.1 Å². The molecule has 0 amide bonds. The predicted octanol–water partition coefficient (Wildman–Crippen LogP) is 6.01. The lowest BCUT2D eigenvalue weighted by molar-refractivity contribution is 0.641. The Kier molecular flexibility index (Phi) is 5.55. The third-order valence-corrected chi connectivity index (χ3v) is 3.93. The monoisotopic (exact) mass is 288 g/mol. The first kappa shape index (κ1) is 16.0. The van der Waals surface area contributed by atoms with E-state index >= 15 is 0 Å². The number of benzene rings is 3. The maximum absolute atomic E-state index is 2.26. The van der Waals surface area contributed by atoms with Crippen LogP contribution in [0.3, 0.4) is 0 Å². The van der Waals surface area contributed by atoms with Crippen LogP contribution in [0.5, 0.6) is 0 Å². The van der Waals surface area contributed by atoms with E-state index in [1.165, 1.54) is 16.7 Å². The van der Waals surface area contributed by atoms with Crippen LogP contribution in [0.1, 0.15) is 30.5 Å². The van der Waals surface area contributed by atoms with Crippen molar-refractivity contribution in [3.05, 3.63) is 108 Å². The van der Waals surface area contributed by atoms with Crippen LogP contribution in [0.4, 0.5) is 0 Å². The molecule has 0 heterocycles. The minimum absolute atomic E-state index is 0.0858. The van der Waals surface area contributed by atoms with Gasteiger partial charge in [0.15, 0.2) is 0 Å². The van der Waals surface area contributed by atoms with Gasteiger partial charge in [0.25, 0.3) is 0 Å². The molecule has 0 N–H and O–H groups in total. The first-order valence-electron chi connectivity index (χ1n) is 7.73. The van der Waals surface area contributed by atoms with Crippen LogP contribution in [0.25, 0.3) is 0 Å². The Hall–Kier alpha value is -2.34. The fraction of sp³-hybridized carbons (Fsp3) is 0.182. The predicted molar refractivity (Wildman–Crippen MR) is 96.2 cm³/mol. The van der Waals surface area contributed by atoms with Crippen molar-refractivity contribution in [1.29, 1.82) is 0 Å². The summed E-state index contributed by atoms with van der Waals surface area (Å²) in [6, 6.07) is 31.5. The molecule has 0 saturated heterocycles. The summed E-state index contributed by atoms with van der Waals surface area (Å²) >= 11 is 0. The van der Waals surface area contributed by atoms with E-state index in [0.717, 1.165) is 0 Å². The van der Waals surface area contributed by atoms with E-state index in [1.807, 2.05) is 18.2 Å². The highest BCUT2D eigenvalue weighted by molar-refractivity contribution is 5.36. The lowest BCUT2D eigenvalue weighted by Crippen LogP contribution is -2.18. The second-order valence-electron chi connectivity index (χ2n) is 6.01. The normalized spacial score (nSPS) is 10.5. The fourth-order valence-corrected chi connectivity index (χ4v) is 2.41. The van der Waals surface area contributed by atoms with Crippen LogP contribution in [0, 0.1) is 6.92 Å². The summed E-state index contributed by atoms with van der Waals surface area (Å²) in [5, 5.41) is 0. The standard InChI is InChI=1S/C15H16.C7H8/c1-15(2,13-9-5-3-6-10-13)14-11-7-4-8-12-14;1-7-5-3-2-4-6-7/h3-12H,1-2H3;2-6H,1H3. The topological polar surface area (TPSA) is 0 Å². The van der Waals surface area contributed by atoms with E-state index in [1.54, 1.807) is 0 Å². The van der Waals surface area contributed by atoms with Gasteiger partial charge in [0.2, 0.25) is 0 Å². The highest BCUT2D eigenvalue weighted by Crippen LogP contribution is 2.30. The molecular formula is C22H24. The van der Waals surface area contributed by atoms with Crippen LogP contribution in [0.2, 0.25) is 0 Å². The Balaban J connectivity index is 0.000000211. The van der Waals surface area contributed by atoms with Gasteiger partial charge in [0.1, 0.15) is 0 Å². The molecule has 0 unspecified atom stereocenters. The smallest absolute Gasteiger partial charge is 0.0146 e. The first-order chi connectivity index (χ1) is 10.6. The minimum atomic E-state index is 0.0858. The summed E-state index contributed by atoms with van der Waals surface area (Å²) in [6.45, 7) is 6.61. The quantitative estimate of drug-likeness (QED) is 0.542. The van der Waals surface area contributed by atoms with Gasteiger partial charge in [0, 0.05) is 5.41 Å². The molecule has 0 radical (unpaired) electrons. The Bertz CT molecular complexity index is 611. The van der Waals surface area contributed by atoms with E-state index in [9.17, 15) is 0 Å². The Morgan fingerprint density at radius 2 is 0.818 bits per heavy atom. The molecule has 0 aliphatic carbocycles. The molecule has 3 aromatic rings. The van der Waals surface area contributed by atoms with Gasteiger partial charge in [-0.15, -0.1) is 0 Å². The summed E-state index contributed by atoms with van der Waals surface area (Å²) < 4.78 is 0. The van der Waals surface area contributed by atoms with Crippen molar-refractivity contribution in [1.82, 2.24) is 0 Å². The largest absolute Gasteiger partial charge is 0.0622 e. The molecule has 0 fully saturated rings. The minimum Gasteiger partial charge on any atom is -0.0622 e. The molecule has 0 saturated carbocycles. The van der Waals surface area contributed by atoms with Gasteiger partial charge in [0.05, 0.1) is 0 Å². The molecule has 0 heteroatoms. The van der Waals surface area contributed by atoms with Crippen LogP contribution in [-0.2, 0) is 5.41 Å². The summed E-state index contributed by atoms with van der Waals surface area (Å²) in [5.74, 6) is 0. The van der Waals surface area contributed by atoms with Crippen LogP contribution < -0.4 is 0 Å². The fourth-order valence-electron chi connectivity index (χ4n) is 2.41. The van der Waals surface area contributed by atoms with E-state index in [-0.39, 0.29) is 5.41 Å². The molecule has 0 bridgehead atoms. The highest BCUT2D eigenvalue weighted by atomic mass is 14.2. The number of rotatable bonds is 2. The van der Waals surface area contributed by atoms with Crippen LogP contribution in [-0.4, -0.2) is 0 Å². The summed E-state index contributed by atoms with van der Waals surface area (Å²) in [5.41, 5.74) is 4.12. The maximum atomic E-state index is 2.26. The third kappa shape index (κ3) is 4.33. The zero-order valence-electron chi connectivity index (χ0n) is 13.7. The maximum Gasteiger partial charge on any atom is 0.0146 e. The lowest BCUT2D eigenvalue weighted by Gasteiger charge is -2.25. The van der Waals surface area contributed by atoms with Gasteiger partial charge in [-0.3, -0.25) is 0 Å². The first-order valence-corrected chi connectivity index (χ1v) is 7.73. The molecule has 112 valence electrons. The Morgan fingerprint density at radius 1 is 0.500 bits per heavy atom. The van der Waals surface area contributed by atoms with E-state index in [0.29, 0.717) is 0 Å². The number of hydrogen-bond donors (Lipinski definition) is 0. The van der Waals surface area contributed by atoms with Gasteiger partial charge >= 0.3 is 0 Å². The lowest BCUT2D eigenvalue weighted by atomic mass is 9.78. The molecule has 0 aliphatic rings. The highest BCUT2D eigenvalue weighted by Gasteiger charge is 2.21. The molecule has 3 rings (SSSR count). The summed E-state index contributed by atoms with van der Waals surface area (Å²) in [7, 11) is 0. The summed E-state index contributed by atoms with van der Waals surface area (Å²) in [6.07, 6.45) is 0.